The zero-order valence-corrected chi connectivity index (χ0v) is 7.66. The van der Waals surface area contributed by atoms with E-state index in [1.807, 2.05) is 13.3 Å². The van der Waals surface area contributed by atoms with Crippen LogP contribution in [0, 0.1) is 37.5 Å². The van der Waals surface area contributed by atoms with Crippen LogP contribution in [0.2, 0.25) is 0 Å². The Kier molecular flexibility index (Phi) is 10.8. The molecule has 0 saturated heterocycles. The third-order valence-electron chi connectivity index (χ3n) is 0.289. The largest absolute Gasteiger partial charge is 0.332 e. The van der Waals surface area contributed by atoms with Gasteiger partial charge < -0.3 is 6.42 Å². The number of hydrogen-bond acceptors (Lipinski definition) is 0. The van der Waals surface area contributed by atoms with E-state index in [0.717, 1.165) is 6.42 Å². The van der Waals surface area contributed by atoms with Gasteiger partial charge in [-0.25, -0.2) is 0 Å². The van der Waals surface area contributed by atoms with Crippen molar-refractivity contribution in [1.82, 2.24) is 0 Å². The standard InChI is InChI=1S/C4H9.U/c1-3-4-2;/h3H,4H2,1-2H3;/q-1;/i1D;. The molecule has 0 spiro atoms. The van der Waals surface area contributed by atoms with Gasteiger partial charge in [0.15, 0.2) is 0 Å². The molecule has 0 aromatic carbocycles. The van der Waals surface area contributed by atoms with Crippen LogP contribution in [-0.4, -0.2) is 0 Å². The number of rotatable bonds is 1. The van der Waals surface area contributed by atoms with E-state index >= 15 is 0 Å². The van der Waals surface area contributed by atoms with E-state index in [0.29, 0.717) is 6.90 Å². The predicted octanol–water partition coefficient (Wildman–Crippen LogP) is 1.62. The average Bonchev–Trinajstić information content (AvgIpc) is 1.41. The first-order valence-electron chi connectivity index (χ1n) is 2.23. The Morgan fingerprint density at radius 1 is 2.00 bits per heavy atom. The van der Waals surface area contributed by atoms with Crippen LogP contribution in [0.3, 0.4) is 0 Å². The van der Waals surface area contributed by atoms with Crippen LogP contribution in [0.4, 0.5) is 0 Å². The minimum atomic E-state index is 0. The minimum Gasteiger partial charge on any atom is -0.332 e. The van der Waals surface area contributed by atoms with Gasteiger partial charge in [0.25, 0.3) is 0 Å². The molecule has 0 nitrogen and oxygen atoms in total. The molecule has 5 heavy (non-hydrogen) atoms. The maximum absolute atomic E-state index is 6.55. The van der Waals surface area contributed by atoms with Gasteiger partial charge in [-0.05, 0) is 1.37 Å². The van der Waals surface area contributed by atoms with Gasteiger partial charge in [0.1, 0.15) is 0 Å². The molecule has 0 aliphatic heterocycles. The zero-order chi connectivity index (χ0) is 4.12. The molecule has 0 aromatic rings. The smallest absolute Gasteiger partial charge is 0 e. The van der Waals surface area contributed by atoms with Crippen LogP contribution in [0.1, 0.15) is 21.6 Å². The Morgan fingerprint density at radius 2 is 2.60 bits per heavy atom. The summed E-state index contributed by atoms with van der Waals surface area (Å²) < 4.78 is 6.55. The van der Waals surface area contributed by atoms with Crippen molar-refractivity contribution in [1.29, 1.82) is 0 Å². The number of unbranched alkanes of at least 4 members (excludes halogenated alkanes) is 1. The Labute approximate surface area is 59.1 Å². The molecule has 0 fully saturated rings. The van der Waals surface area contributed by atoms with Gasteiger partial charge in [0, 0.05) is 31.1 Å². The van der Waals surface area contributed by atoms with E-state index in [1.165, 1.54) is 0 Å². The first-order chi connectivity index (χ1) is 2.41. The molecule has 0 aliphatic carbocycles. The molecule has 0 bridgehead atoms. The normalized spacial score (nSPS) is 8.60. The van der Waals surface area contributed by atoms with Crippen molar-refractivity contribution in [3.8, 4) is 0 Å². The first kappa shape index (κ1) is 6.05. The fourth-order valence-electron chi connectivity index (χ4n) is 0. The summed E-state index contributed by atoms with van der Waals surface area (Å²) in [5.74, 6) is 0. The fraction of sp³-hybridized carbons (Fsp3) is 0.750. The van der Waals surface area contributed by atoms with Crippen LogP contribution in [-0.2, 0) is 0 Å². The molecular formula is C4H9U-. The minimum absolute atomic E-state index is 0. The molecule has 0 aliphatic rings. The third kappa shape index (κ3) is 11.2. The van der Waals surface area contributed by atoms with E-state index in [1.54, 1.807) is 0 Å². The second-order valence-corrected chi connectivity index (χ2v) is 0.697. The summed E-state index contributed by atoms with van der Waals surface area (Å²) in [5, 5.41) is 0. The van der Waals surface area contributed by atoms with Gasteiger partial charge in [0.05, 0.1) is 0 Å². The molecule has 0 rings (SSSR count). The third-order valence-corrected chi connectivity index (χ3v) is 0.289. The summed E-state index contributed by atoms with van der Waals surface area (Å²) in [4.78, 5) is 0. The SMILES string of the molecule is [2H]C[CH-]CC.[U]. The molecule has 0 radical (unpaired) electrons. The van der Waals surface area contributed by atoms with E-state index in [9.17, 15) is 0 Å². The summed E-state index contributed by atoms with van der Waals surface area (Å²) in [6.07, 6.45) is 2.95. The summed E-state index contributed by atoms with van der Waals surface area (Å²) >= 11 is 0. The van der Waals surface area contributed by atoms with Crippen LogP contribution < -0.4 is 0 Å². The summed E-state index contributed by atoms with van der Waals surface area (Å²) in [6, 6.07) is 0. The summed E-state index contributed by atoms with van der Waals surface area (Å²) in [7, 11) is 0. The molecule has 0 atom stereocenters. The molecule has 30 valence electrons. The van der Waals surface area contributed by atoms with E-state index in [4.69, 9.17) is 1.37 Å². The van der Waals surface area contributed by atoms with Crippen LogP contribution in [0.15, 0.2) is 0 Å². The summed E-state index contributed by atoms with van der Waals surface area (Å²) in [6.45, 7) is 2.50. The van der Waals surface area contributed by atoms with Crippen molar-refractivity contribution in [2.75, 3.05) is 0 Å². The molecule has 0 aromatic heterocycles. The van der Waals surface area contributed by atoms with Crippen molar-refractivity contribution in [2.24, 2.45) is 0 Å². The zero-order valence-electron chi connectivity index (χ0n) is 4.49. The van der Waals surface area contributed by atoms with Crippen molar-refractivity contribution >= 4 is 0 Å². The van der Waals surface area contributed by atoms with Crippen LogP contribution >= 0.6 is 0 Å². The van der Waals surface area contributed by atoms with Gasteiger partial charge >= 0.3 is 0 Å². The van der Waals surface area contributed by atoms with Crippen molar-refractivity contribution in [3.63, 3.8) is 0 Å². The van der Waals surface area contributed by atoms with Gasteiger partial charge in [-0.3, -0.25) is 0 Å². The first-order valence-corrected chi connectivity index (χ1v) is 1.52. The molecule has 0 unspecified atom stereocenters. The van der Waals surface area contributed by atoms with Crippen molar-refractivity contribution in [3.05, 3.63) is 6.42 Å². The van der Waals surface area contributed by atoms with Gasteiger partial charge in [0.2, 0.25) is 0 Å². The van der Waals surface area contributed by atoms with Crippen LogP contribution in [0.5, 0.6) is 0 Å². The van der Waals surface area contributed by atoms with Gasteiger partial charge in [-0.15, -0.1) is 0 Å². The van der Waals surface area contributed by atoms with Crippen molar-refractivity contribution in [2.45, 2.75) is 20.2 Å². The Hall–Kier alpha value is 1.05. The Morgan fingerprint density at radius 3 is 2.60 bits per heavy atom. The molecule has 0 saturated carbocycles. The maximum Gasteiger partial charge on any atom is 0 e. The quantitative estimate of drug-likeness (QED) is 0.645. The Balaban J connectivity index is 0. The van der Waals surface area contributed by atoms with E-state index in [2.05, 4.69) is 0 Å². The fourth-order valence-corrected chi connectivity index (χ4v) is 0. The molecular weight excluding hydrogens is 286 g/mol. The van der Waals surface area contributed by atoms with Gasteiger partial charge in [-0.2, -0.15) is 13.3 Å². The van der Waals surface area contributed by atoms with Gasteiger partial charge in [-0.1, -0.05) is 6.92 Å². The topological polar surface area (TPSA) is 0 Å². The average molecular weight is 296 g/mol. The molecule has 0 heterocycles. The van der Waals surface area contributed by atoms with E-state index in [-0.39, 0.29) is 31.1 Å². The summed E-state index contributed by atoms with van der Waals surface area (Å²) in [5.41, 5.74) is 0. The number of hydrogen-bond donors (Lipinski definition) is 0. The maximum atomic E-state index is 6.55. The molecule has 1 heteroatoms. The second kappa shape index (κ2) is 8.90. The van der Waals surface area contributed by atoms with Crippen molar-refractivity contribution < 1.29 is 32.5 Å². The van der Waals surface area contributed by atoms with E-state index < -0.39 is 0 Å². The predicted molar refractivity (Wildman–Crippen MR) is 20.3 cm³/mol. The Bertz CT molecular complexity index is 15.0. The molecule has 0 N–H and O–H groups in total. The van der Waals surface area contributed by atoms with Crippen LogP contribution in [0.25, 0.3) is 0 Å². The molecule has 0 amide bonds. The monoisotopic (exact) mass is 296 g/mol. The second-order valence-electron chi connectivity index (χ2n) is 0.697.